The summed E-state index contributed by atoms with van der Waals surface area (Å²) in [5.74, 6) is 1.56. The number of nitrogens with one attached hydrogen (secondary N) is 2. The summed E-state index contributed by atoms with van der Waals surface area (Å²) in [4.78, 5) is 6.78. The summed E-state index contributed by atoms with van der Waals surface area (Å²) in [5, 5.41) is 6.69. The molecule has 2 aromatic rings. The van der Waals surface area contributed by atoms with Crippen LogP contribution in [0.15, 0.2) is 58.4 Å². The molecule has 2 N–H and O–H groups in total. The summed E-state index contributed by atoms with van der Waals surface area (Å²) >= 11 is 0. The van der Waals surface area contributed by atoms with E-state index in [4.69, 9.17) is 4.74 Å². The summed E-state index contributed by atoms with van der Waals surface area (Å²) in [6.45, 7) is 1.37. The van der Waals surface area contributed by atoms with Crippen LogP contribution in [0.3, 0.4) is 0 Å². The maximum absolute atomic E-state index is 11.6. The predicted octanol–water partition coefficient (Wildman–Crippen LogP) is 2.11. The Morgan fingerprint density at radius 2 is 1.83 bits per heavy atom. The molecular formula is C22H32N4O3S. The van der Waals surface area contributed by atoms with Gasteiger partial charge in [0.2, 0.25) is 0 Å². The van der Waals surface area contributed by atoms with Gasteiger partial charge in [0, 0.05) is 26.4 Å². The van der Waals surface area contributed by atoms with E-state index in [1.54, 1.807) is 26.3 Å². The number of methoxy groups -OCH3 is 1. The molecule has 0 aromatic heterocycles. The van der Waals surface area contributed by atoms with E-state index in [1.807, 2.05) is 44.4 Å². The van der Waals surface area contributed by atoms with Crippen molar-refractivity contribution in [2.45, 2.75) is 17.4 Å². The predicted molar refractivity (Wildman–Crippen MR) is 122 cm³/mol. The standard InChI is InChI=1S/C22H32N4O3S/c1-23-22(24-14-13-17-9-11-20(12-10-17)30(5,27)28)25-16-21(26(2)3)18-7-6-8-19(15-18)29-4/h6-12,15,21H,13-14,16H2,1-5H3,(H2,23,24,25). The lowest BCUT2D eigenvalue weighted by Crippen LogP contribution is -2.42. The molecule has 8 heteroatoms. The van der Waals surface area contributed by atoms with E-state index in [2.05, 4.69) is 26.6 Å². The molecule has 0 aliphatic carbocycles. The average molecular weight is 433 g/mol. The van der Waals surface area contributed by atoms with Crippen LogP contribution in [0, 0.1) is 0 Å². The molecule has 30 heavy (non-hydrogen) atoms. The molecule has 0 amide bonds. The normalized spacial score (nSPS) is 13.2. The van der Waals surface area contributed by atoms with Crippen LogP contribution in [0.4, 0.5) is 0 Å². The van der Waals surface area contributed by atoms with Crippen molar-refractivity contribution in [2.24, 2.45) is 4.99 Å². The van der Waals surface area contributed by atoms with Gasteiger partial charge in [0.1, 0.15) is 5.75 Å². The molecule has 0 heterocycles. The van der Waals surface area contributed by atoms with Gasteiger partial charge in [-0.05, 0) is 55.9 Å². The van der Waals surface area contributed by atoms with Crippen LogP contribution in [-0.4, -0.2) is 66.9 Å². The number of rotatable bonds is 9. The van der Waals surface area contributed by atoms with Gasteiger partial charge in [0.25, 0.3) is 0 Å². The van der Waals surface area contributed by atoms with Crippen molar-refractivity contribution >= 4 is 15.8 Å². The maximum atomic E-state index is 11.6. The number of hydrogen-bond acceptors (Lipinski definition) is 5. The average Bonchev–Trinajstić information content (AvgIpc) is 2.72. The monoisotopic (exact) mass is 432 g/mol. The first kappa shape index (κ1) is 23.7. The van der Waals surface area contributed by atoms with Gasteiger partial charge >= 0.3 is 0 Å². The highest BCUT2D eigenvalue weighted by Crippen LogP contribution is 2.22. The smallest absolute Gasteiger partial charge is 0.191 e. The summed E-state index contributed by atoms with van der Waals surface area (Å²) in [6.07, 6.45) is 1.98. The molecule has 0 aliphatic rings. The Hall–Kier alpha value is -2.58. The summed E-state index contributed by atoms with van der Waals surface area (Å²) in [7, 11) is 4.34. The molecule has 164 valence electrons. The molecule has 0 saturated heterocycles. The maximum Gasteiger partial charge on any atom is 0.191 e. The molecule has 0 spiro atoms. The second-order valence-corrected chi connectivity index (χ2v) is 9.32. The second kappa shape index (κ2) is 11.0. The number of nitrogens with zero attached hydrogens (tertiary/aromatic N) is 2. The van der Waals surface area contributed by atoms with Crippen LogP contribution in [0.2, 0.25) is 0 Å². The third kappa shape index (κ3) is 7.03. The third-order valence-electron chi connectivity index (χ3n) is 4.85. The fourth-order valence-electron chi connectivity index (χ4n) is 3.09. The zero-order valence-electron chi connectivity index (χ0n) is 18.3. The molecule has 0 saturated carbocycles. The minimum Gasteiger partial charge on any atom is -0.497 e. The van der Waals surface area contributed by atoms with Gasteiger partial charge < -0.3 is 20.3 Å². The lowest BCUT2D eigenvalue weighted by molar-refractivity contribution is 0.297. The van der Waals surface area contributed by atoms with Crippen molar-refractivity contribution in [2.75, 3.05) is 47.6 Å². The first-order valence-corrected chi connectivity index (χ1v) is 11.7. The molecule has 0 bridgehead atoms. The summed E-state index contributed by atoms with van der Waals surface area (Å²) < 4.78 is 28.4. The number of guanidine groups is 1. The van der Waals surface area contributed by atoms with E-state index in [0.29, 0.717) is 18.0 Å². The number of likely N-dealkylation sites (N-methyl/N-ethyl adjacent to an activating group) is 1. The molecule has 1 unspecified atom stereocenters. The Balaban J connectivity index is 1.90. The summed E-state index contributed by atoms with van der Waals surface area (Å²) in [5.41, 5.74) is 2.22. The Labute approximate surface area is 180 Å². The fraction of sp³-hybridized carbons (Fsp3) is 0.409. The number of hydrogen-bond donors (Lipinski definition) is 2. The molecule has 0 radical (unpaired) electrons. The topological polar surface area (TPSA) is 83.0 Å². The minimum atomic E-state index is -3.16. The molecule has 7 nitrogen and oxygen atoms in total. The van der Waals surface area contributed by atoms with Crippen LogP contribution in [0.5, 0.6) is 5.75 Å². The number of ether oxygens (including phenoxy) is 1. The Kier molecular flexibility index (Phi) is 8.68. The molecule has 0 fully saturated rings. The van der Waals surface area contributed by atoms with Gasteiger partial charge in [0.05, 0.1) is 18.0 Å². The zero-order valence-corrected chi connectivity index (χ0v) is 19.2. The van der Waals surface area contributed by atoms with Crippen molar-refractivity contribution in [3.05, 3.63) is 59.7 Å². The quantitative estimate of drug-likeness (QED) is 0.467. The van der Waals surface area contributed by atoms with Crippen LogP contribution < -0.4 is 15.4 Å². The first-order valence-electron chi connectivity index (χ1n) is 9.78. The van der Waals surface area contributed by atoms with E-state index >= 15 is 0 Å². The van der Waals surface area contributed by atoms with Gasteiger partial charge in [-0.15, -0.1) is 0 Å². The van der Waals surface area contributed by atoms with E-state index in [9.17, 15) is 8.42 Å². The number of aliphatic imine (C=N–C) groups is 1. The largest absolute Gasteiger partial charge is 0.497 e. The fourth-order valence-corrected chi connectivity index (χ4v) is 3.72. The van der Waals surface area contributed by atoms with Crippen LogP contribution >= 0.6 is 0 Å². The van der Waals surface area contributed by atoms with Gasteiger partial charge in [0.15, 0.2) is 15.8 Å². The zero-order chi connectivity index (χ0) is 22.1. The van der Waals surface area contributed by atoms with Crippen molar-refractivity contribution in [1.29, 1.82) is 0 Å². The Bertz CT molecular complexity index is 941. The van der Waals surface area contributed by atoms with E-state index in [1.165, 1.54) is 6.26 Å². The molecule has 1 atom stereocenters. The van der Waals surface area contributed by atoms with Crippen molar-refractivity contribution in [1.82, 2.24) is 15.5 Å². The SMILES string of the molecule is CN=C(NCCc1ccc(S(C)(=O)=O)cc1)NCC(c1cccc(OC)c1)N(C)C. The second-order valence-electron chi connectivity index (χ2n) is 7.30. The molecule has 0 aliphatic heterocycles. The van der Waals surface area contributed by atoms with Gasteiger partial charge in [-0.1, -0.05) is 24.3 Å². The van der Waals surface area contributed by atoms with E-state index in [-0.39, 0.29) is 6.04 Å². The lowest BCUT2D eigenvalue weighted by Gasteiger charge is -2.26. The highest BCUT2D eigenvalue weighted by atomic mass is 32.2. The molecule has 2 aromatic carbocycles. The lowest BCUT2D eigenvalue weighted by atomic mass is 10.1. The van der Waals surface area contributed by atoms with Crippen LogP contribution in [-0.2, 0) is 16.3 Å². The Morgan fingerprint density at radius 3 is 2.40 bits per heavy atom. The highest BCUT2D eigenvalue weighted by molar-refractivity contribution is 7.90. The number of benzene rings is 2. The third-order valence-corrected chi connectivity index (χ3v) is 5.97. The van der Waals surface area contributed by atoms with Crippen molar-refractivity contribution < 1.29 is 13.2 Å². The van der Waals surface area contributed by atoms with Crippen LogP contribution in [0.1, 0.15) is 17.2 Å². The first-order chi connectivity index (χ1) is 14.2. The van der Waals surface area contributed by atoms with E-state index in [0.717, 1.165) is 29.3 Å². The van der Waals surface area contributed by atoms with Crippen molar-refractivity contribution in [3.8, 4) is 5.75 Å². The van der Waals surface area contributed by atoms with Gasteiger partial charge in [-0.3, -0.25) is 4.99 Å². The van der Waals surface area contributed by atoms with Gasteiger partial charge in [-0.2, -0.15) is 0 Å². The van der Waals surface area contributed by atoms with E-state index < -0.39 is 9.84 Å². The van der Waals surface area contributed by atoms with Crippen LogP contribution in [0.25, 0.3) is 0 Å². The summed E-state index contributed by atoms with van der Waals surface area (Å²) in [6, 6.07) is 15.2. The molecular weight excluding hydrogens is 400 g/mol. The minimum absolute atomic E-state index is 0.155. The highest BCUT2D eigenvalue weighted by Gasteiger charge is 2.15. The Morgan fingerprint density at radius 1 is 1.13 bits per heavy atom. The molecule has 2 rings (SSSR count). The number of sulfone groups is 1. The van der Waals surface area contributed by atoms with Crippen molar-refractivity contribution in [3.63, 3.8) is 0 Å². The van der Waals surface area contributed by atoms with Gasteiger partial charge in [-0.25, -0.2) is 8.42 Å².